The maximum Gasteiger partial charge on any atom is 0.323 e. The molecule has 0 aromatic heterocycles. The van der Waals surface area contributed by atoms with Crippen molar-refractivity contribution in [1.82, 2.24) is 5.32 Å². The lowest BCUT2D eigenvalue weighted by molar-refractivity contribution is -0.146. The van der Waals surface area contributed by atoms with E-state index in [1.807, 2.05) is 6.92 Å². The fourth-order valence-electron chi connectivity index (χ4n) is 1.95. The van der Waals surface area contributed by atoms with E-state index < -0.39 is 11.5 Å². The number of carboxylic acids is 1. The standard InChI is InChI=1S/C13H25NO3/c1-4-5-8-17-10(2)9-13(3,12(15)16)14-11-6-7-11/h10-11,14H,4-9H2,1-3H3,(H,15,16). The smallest absolute Gasteiger partial charge is 0.323 e. The fourth-order valence-corrected chi connectivity index (χ4v) is 1.95. The third kappa shape index (κ3) is 5.04. The number of ether oxygens (including phenoxy) is 1. The fraction of sp³-hybridized carbons (Fsp3) is 0.923. The molecule has 0 aromatic carbocycles. The summed E-state index contributed by atoms with van der Waals surface area (Å²) in [5.74, 6) is -0.782. The molecule has 0 saturated heterocycles. The Hall–Kier alpha value is -0.610. The van der Waals surface area contributed by atoms with Crippen LogP contribution in [-0.4, -0.2) is 35.4 Å². The molecule has 100 valence electrons. The van der Waals surface area contributed by atoms with Crippen molar-refractivity contribution < 1.29 is 14.6 Å². The molecule has 2 unspecified atom stereocenters. The van der Waals surface area contributed by atoms with Gasteiger partial charge < -0.3 is 9.84 Å². The van der Waals surface area contributed by atoms with E-state index in [1.165, 1.54) is 0 Å². The molecule has 1 saturated carbocycles. The predicted octanol–water partition coefficient (Wildman–Crippen LogP) is 2.18. The van der Waals surface area contributed by atoms with Crippen LogP contribution in [0.3, 0.4) is 0 Å². The van der Waals surface area contributed by atoms with Crippen LogP contribution >= 0.6 is 0 Å². The van der Waals surface area contributed by atoms with Crippen LogP contribution in [0.1, 0.15) is 52.9 Å². The number of carboxylic acid groups (broad SMARTS) is 1. The molecule has 2 atom stereocenters. The van der Waals surface area contributed by atoms with Gasteiger partial charge in [-0.3, -0.25) is 10.1 Å². The SMILES string of the molecule is CCCCOC(C)CC(C)(NC1CC1)C(=O)O. The molecule has 17 heavy (non-hydrogen) atoms. The van der Waals surface area contributed by atoms with E-state index in [2.05, 4.69) is 12.2 Å². The van der Waals surface area contributed by atoms with Crippen molar-refractivity contribution in [3.8, 4) is 0 Å². The summed E-state index contributed by atoms with van der Waals surface area (Å²) >= 11 is 0. The number of nitrogens with one attached hydrogen (secondary N) is 1. The minimum absolute atomic E-state index is 0.0195. The van der Waals surface area contributed by atoms with Gasteiger partial charge in [-0.2, -0.15) is 0 Å². The van der Waals surface area contributed by atoms with Crippen LogP contribution < -0.4 is 5.32 Å². The molecule has 0 bridgehead atoms. The largest absolute Gasteiger partial charge is 0.480 e. The lowest BCUT2D eigenvalue weighted by atomic mass is 9.94. The number of carbonyl (C=O) groups is 1. The van der Waals surface area contributed by atoms with Gasteiger partial charge in [0.25, 0.3) is 0 Å². The highest BCUT2D eigenvalue weighted by molar-refractivity contribution is 5.78. The van der Waals surface area contributed by atoms with E-state index in [-0.39, 0.29) is 6.10 Å². The molecule has 0 spiro atoms. The summed E-state index contributed by atoms with van der Waals surface area (Å²) in [5.41, 5.74) is -0.854. The second kappa shape index (κ2) is 6.36. The van der Waals surface area contributed by atoms with Crippen molar-refractivity contribution in [3.63, 3.8) is 0 Å². The third-order valence-electron chi connectivity index (χ3n) is 3.17. The molecule has 4 nitrogen and oxygen atoms in total. The Bertz CT molecular complexity index is 253. The van der Waals surface area contributed by atoms with Gasteiger partial charge in [0.15, 0.2) is 0 Å². The normalized spacial score (nSPS) is 20.9. The van der Waals surface area contributed by atoms with Crippen LogP contribution in [0.25, 0.3) is 0 Å². The predicted molar refractivity (Wildman–Crippen MR) is 67.1 cm³/mol. The number of rotatable bonds is 9. The van der Waals surface area contributed by atoms with Gasteiger partial charge in [0.05, 0.1) is 6.10 Å². The molecule has 1 rings (SSSR count). The Morgan fingerprint density at radius 1 is 1.59 bits per heavy atom. The Morgan fingerprint density at radius 2 is 2.24 bits per heavy atom. The van der Waals surface area contributed by atoms with Crippen LogP contribution in [0.15, 0.2) is 0 Å². The van der Waals surface area contributed by atoms with Crippen molar-refractivity contribution in [2.45, 2.75) is 70.6 Å². The molecule has 0 heterocycles. The summed E-state index contributed by atoms with van der Waals surface area (Å²) in [6.07, 6.45) is 4.81. The first-order chi connectivity index (χ1) is 7.98. The van der Waals surface area contributed by atoms with Gasteiger partial charge in [-0.05, 0) is 33.1 Å². The summed E-state index contributed by atoms with van der Waals surface area (Å²) in [6.45, 7) is 6.54. The maximum absolute atomic E-state index is 11.3. The first-order valence-electron chi connectivity index (χ1n) is 6.60. The average Bonchev–Trinajstić information content (AvgIpc) is 3.01. The molecule has 0 radical (unpaired) electrons. The Balaban J connectivity index is 2.38. The van der Waals surface area contributed by atoms with Gasteiger partial charge in [-0.1, -0.05) is 13.3 Å². The molecule has 0 amide bonds. The first kappa shape index (κ1) is 14.5. The van der Waals surface area contributed by atoms with Gasteiger partial charge in [0.1, 0.15) is 5.54 Å². The summed E-state index contributed by atoms with van der Waals surface area (Å²) in [7, 11) is 0. The Labute approximate surface area is 104 Å². The summed E-state index contributed by atoms with van der Waals surface area (Å²) in [4.78, 5) is 11.3. The Morgan fingerprint density at radius 3 is 2.71 bits per heavy atom. The van der Waals surface area contributed by atoms with E-state index >= 15 is 0 Å². The van der Waals surface area contributed by atoms with Crippen molar-refractivity contribution in [3.05, 3.63) is 0 Å². The summed E-state index contributed by atoms with van der Waals surface area (Å²) < 4.78 is 5.63. The molecule has 0 aliphatic heterocycles. The molecule has 1 aliphatic carbocycles. The zero-order valence-electron chi connectivity index (χ0n) is 11.2. The molecule has 1 fully saturated rings. The summed E-state index contributed by atoms with van der Waals surface area (Å²) in [5, 5.41) is 12.5. The van der Waals surface area contributed by atoms with E-state index in [0.29, 0.717) is 12.5 Å². The molecule has 2 N–H and O–H groups in total. The van der Waals surface area contributed by atoms with E-state index in [4.69, 9.17) is 4.74 Å². The second-order valence-electron chi connectivity index (χ2n) is 5.29. The van der Waals surface area contributed by atoms with Crippen molar-refractivity contribution in [2.75, 3.05) is 6.61 Å². The summed E-state index contributed by atoms with van der Waals surface area (Å²) in [6, 6.07) is 0.388. The van der Waals surface area contributed by atoms with Crippen molar-refractivity contribution >= 4 is 5.97 Å². The number of hydrogen-bond donors (Lipinski definition) is 2. The van der Waals surface area contributed by atoms with Crippen LogP contribution in [-0.2, 0) is 9.53 Å². The number of aliphatic carboxylic acids is 1. The average molecular weight is 243 g/mol. The second-order valence-corrected chi connectivity index (χ2v) is 5.29. The van der Waals surface area contributed by atoms with Crippen LogP contribution in [0.5, 0.6) is 0 Å². The quantitative estimate of drug-likeness (QED) is 0.609. The topological polar surface area (TPSA) is 58.6 Å². The van der Waals surface area contributed by atoms with Gasteiger partial charge in [-0.25, -0.2) is 0 Å². The maximum atomic E-state index is 11.3. The highest BCUT2D eigenvalue weighted by Gasteiger charge is 2.39. The van der Waals surface area contributed by atoms with Crippen molar-refractivity contribution in [1.29, 1.82) is 0 Å². The Kier molecular flexibility index (Phi) is 5.40. The zero-order chi connectivity index (χ0) is 12.9. The minimum Gasteiger partial charge on any atom is -0.480 e. The lowest BCUT2D eigenvalue weighted by Crippen LogP contribution is -2.52. The molecule has 4 heteroatoms. The molecular weight excluding hydrogens is 218 g/mol. The van der Waals surface area contributed by atoms with Crippen molar-refractivity contribution in [2.24, 2.45) is 0 Å². The highest BCUT2D eigenvalue weighted by atomic mass is 16.5. The van der Waals surface area contributed by atoms with Crippen LogP contribution in [0, 0.1) is 0 Å². The van der Waals surface area contributed by atoms with Gasteiger partial charge in [0.2, 0.25) is 0 Å². The molecule has 1 aliphatic rings. The van der Waals surface area contributed by atoms with E-state index in [9.17, 15) is 9.90 Å². The molecular formula is C13H25NO3. The van der Waals surface area contributed by atoms with Gasteiger partial charge in [-0.15, -0.1) is 0 Å². The minimum atomic E-state index is -0.854. The highest BCUT2D eigenvalue weighted by Crippen LogP contribution is 2.25. The van der Waals surface area contributed by atoms with Crippen LogP contribution in [0.4, 0.5) is 0 Å². The monoisotopic (exact) mass is 243 g/mol. The van der Waals surface area contributed by atoms with Gasteiger partial charge in [0, 0.05) is 19.1 Å². The van der Waals surface area contributed by atoms with Gasteiger partial charge >= 0.3 is 5.97 Å². The van der Waals surface area contributed by atoms with E-state index in [0.717, 1.165) is 32.3 Å². The first-order valence-corrected chi connectivity index (χ1v) is 6.60. The third-order valence-corrected chi connectivity index (χ3v) is 3.17. The number of unbranched alkanes of at least 4 members (excludes halogenated alkanes) is 1. The van der Waals surface area contributed by atoms with E-state index in [1.54, 1.807) is 6.92 Å². The molecule has 0 aromatic rings. The number of hydrogen-bond acceptors (Lipinski definition) is 3. The zero-order valence-corrected chi connectivity index (χ0v) is 11.2. The van der Waals surface area contributed by atoms with Crippen LogP contribution in [0.2, 0.25) is 0 Å². The lowest BCUT2D eigenvalue weighted by Gasteiger charge is -2.29.